The molecular formula is C15H25N5O. The zero-order chi connectivity index (χ0) is 15.1. The Labute approximate surface area is 126 Å². The quantitative estimate of drug-likeness (QED) is 0.831. The molecule has 1 amide bonds. The maximum absolute atomic E-state index is 11.6. The molecule has 0 radical (unpaired) electrons. The van der Waals surface area contributed by atoms with Crippen LogP contribution in [0, 0.1) is 0 Å². The first-order valence-corrected chi connectivity index (χ1v) is 7.83. The molecule has 1 aliphatic rings. The molecule has 2 rings (SSSR count). The maximum Gasteiger partial charge on any atom is 0.271 e. The zero-order valence-electron chi connectivity index (χ0n) is 12.9. The van der Waals surface area contributed by atoms with Gasteiger partial charge in [-0.15, -0.1) is 10.2 Å². The van der Waals surface area contributed by atoms with E-state index in [0.717, 1.165) is 31.7 Å². The standard InChI is InChI=1S/C15H25N5O/c1-3-9-20-10-7-12(8-11-20)17-14-6-5-13(18-19-14)15(21)16-4-2/h5-6,12H,3-4,7-11H2,1-2H3,(H,16,21)(H,17,19). The van der Waals surface area contributed by atoms with Crippen LogP contribution in [-0.2, 0) is 0 Å². The van der Waals surface area contributed by atoms with E-state index in [1.807, 2.05) is 13.0 Å². The average molecular weight is 291 g/mol. The number of anilines is 1. The van der Waals surface area contributed by atoms with E-state index in [0.29, 0.717) is 18.3 Å². The Morgan fingerprint density at radius 3 is 2.62 bits per heavy atom. The lowest BCUT2D eigenvalue weighted by atomic mass is 10.0. The Morgan fingerprint density at radius 2 is 2.05 bits per heavy atom. The molecule has 1 aromatic rings. The molecule has 0 saturated carbocycles. The van der Waals surface area contributed by atoms with E-state index >= 15 is 0 Å². The molecule has 0 aliphatic carbocycles. The van der Waals surface area contributed by atoms with Gasteiger partial charge < -0.3 is 15.5 Å². The normalized spacial score (nSPS) is 16.7. The van der Waals surface area contributed by atoms with E-state index in [9.17, 15) is 4.79 Å². The molecule has 21 heavy (non-hydrogen) atoms. The van der Waals surface area contributed by atoms with Crippen molar-refractivity contribution in [2.75, 3.05) is 31.5 Å². The van der Waals surface area contributed by atoms with Crippen LogP contribution in [-0.4, -0.2) is 53.2 Å². The van der Waals surface area contributed by atoms with E-state index in [4.69, 9.17) is 0 Å². The topological polar surface area (TPSA) is 70.2 Å². The van der Waals surface area contributed by atoms with Crippen molar-refractivity contribution in [3.63, 3.8) is 0 Å². The molecule has 1 aliphatic heterocycles. The number of hydrogen-bond acceptors (Lipinski definition) is 5. The van der Waals surface area contributed by atoms with Crippen LogP contribution in [0.25, 0.3) is 0 Å². The van der Waals surface area contributed by atoms with Crippen LogP contribution in [0.1, 0.15) is 43.6 Å². The molecule has 6 heteroatoms. The molecule has 0 unspecified atom stereocenters. The molecule has 6 nitrogen and oxygen atoms in total. The van der Waals surface area contributed by atoms with Gasteiger partial charge in [-0.25, -0.2) is 0 Å². The zero-order valence-corrected chi connectivity index (χ0v) is 12.9. The Morgan fingerprint density at radius 1 is 1.29 bits per heavy atom. The molecule has 1 saturated heterocycles. The number of piperidine rings is 1. The number of amides is 1. The molecule has 0 bridgehead atoms. The van der Waals surface area contributed by atoms with Crippen molar-refractivity contribution in [1.29, 1.82) is 0 Å². The average Bonchev–Trinajstić information content (AvgIpc) is 2.50. The lowest BCUT2D eigenvalue weighted by Crippen LogP contribution is -2.39. The molecule has 0 aromatic carbocycles. The second-order valence-electron chi connectivity index (χ2n) is 5.42. The van der Waals surface area contributed by atoms with Crippen LogP contribution >= 0.6 is 0 Å². The summed E-state index contributed by atoms with van der Waals surface area (Å²) in [5, 5.41) is 14.2. The lowest BCUT2D eigenvalue weighted by molar-refractivity contribution is 0.0950. The largest absolute Gasteiger partial charge is 0.366 e. The number of hydrogen-bond donors (Lipinski definition) is 2. The predicted octanol–water partition coefficient (Wildman–Crippen LogP) is 1.51. The molecular weight excluding hydrogens is 266 g/mol. The molecule has 0 atom stereocenters. The van der Waals surface area contributed by atoms with Gasteiger partial charge in [0, 0.05) is 25.7 Å². The number of carbonyl (C=O) groups excluding carboxylic acids is 1. The summed E-state index contributed by atoms with van der Waals surface area (Å²) in [5.74, 6) is 0.571. The molecule has 1 aromatic heterocycles. The minimum absolute atomic E-state index is 0.176. The Hall–Kier alpha value is -1.69. The van der Waals surface area contributed by atoms with Gasteiger partial charge in [-0.3, -0.25) is 4.79 Å². The minimum atomic E-state index is -0.176. The second kappa shape index (κ2) is 7.93. The van der Waals surface area contributed by atoms with Crippen molar-refractivity contribution in [3.8, 4) is 0 Å². The van der Waals surface area contributed by atoms with Crippen molar-refractivity contribution >= 4 is 11.7 Å². The fourth-order valence-electron chi connectivity index (χ4n) is 2.61. The SMILES string of the molecule is CCCN1CCC(Nc2ccc(C(=O)NCC)nn2)CC1. The lowest BCUT2D eigenvalue weighted by Gasteiger charge is -2.32. The highest BCUT2D eigenvalue weighted by atomic mass is 16.1. The van der Waals surface area contributed by atoms with Gasteiger partial charge in [-0.05, 0) is 44.9 Å². The van der Waals surface area contributed by atoms with Gasteiger partial charge in [-0.2, -0.15) is 0 Å². The second-order valence-corrected chi connectivity index (χ2v) is 5.42. The minimum Gasteiger partial charge on any atom is -0.366 e. The summed E-state index contributed by atoms with van der Waals surface area (Å²) < 4.78 is 0. The number of likely N-dealkylation sites (tertiary alicyclic amines) is 1. The number of aromatic nitrogens is 2. The first-order chi connectivity index (χ1) is 10.2. The van der Waals surface area contributed by atoms with Crippen LogP contribution in [0.15, 0.2) is 12.1 Å². The first-order valence-electron chi connectivity index (χ1n) is 7.83. The third kappa shape index (κ3) is 4.67. The number of rotatable bonds is 6. The molecule has 1 fully saturated rings. The van der Waals surface area contributed by atoms with E-state index in [2.05, 4.69) is 32.7 Å². The fourth-order valence-corrected chi connectivity index (χ4v) is 2.61. The van der Waals surface area contributed by atoms with Crippen molar-refractivity contribution in [3.05, 3.63) is 17.8 Å². The number of carbonyl (C=O) groups is 1. The van der Waals surface area contributed by atoms with Gasteiger partial charge in [0.2, 0.25) is 0 Å². The van der Waals surface area contributed by atoms with Crippen LogP contribution in [0.4, 0.5) is 5.82 Å². The van der Waals surface area contributed by atoms with Gasteiger partial charge in [0.15, 0.2) is 5.69 Å². The first kappa shape index (κ1) is 15.7. The summed E-state index contributed by atoms with van der Waals surface area (Å²) in [6, 6.07) is 3.99. The van der Waals surface area contributed by atoms with Crippen LogP contribution in [0.3, 0.4) is 0 Å². The number of nitrogens with zero attached hydrogens (tertiary/aromatic N) is 3. The summed E-state index contributed by atoms with van der Waals surface area (Å²) >= 11 is 0. The van der Waals surface area contributed by atoms with Gasteiger partial charge in [-0.1, -0.05) is 6.92 Å². The van der Waals surface area contributed by atoms with Crippen LogP contribution in [0.5, 0.6) is 0 Å². The summed E-state index contributed by atoms with van der Waals surface area (Å²) in [4.78, 5) is 14.1. The van der Waals surface area contributed by atoms with E-state index < -0.39 is 0 Å². The maximum atomic E-state index is 11.6. The highest BCUT2D eigenvalue weighted by Crippen LogP contribution is 2.15. The Balaban J connectivity index is 1.82. The fraction of sp³-hybridized carbons (Fsp3) is 0.667. The molecule has 2 N–H and O–H groups in total. The highest BCUT2D eigenvalue weighted by molar-refractivity contribution is 5.92. The van der Waals surface area contributed by atoms with E-state index in [-0.39, 0.29) is 5.91 Å². The number of nitrogens with one attached hydrogen (secondary N) is 2. The molecule has 0 spiro atoms. The van der Waals surface area contributed by atoms with Crippen molar-refractivity contribution in [2.45, 2.75) is 39.2 Å². The van der Waals surface area contributed by atoms with Crippen molar-refractivity contribution in [1.82, 2.24) is 20.4 Å². The Bertz CT molecular complexity index is 440. The summed E-state index contributed by atoms with van der Waals surface area (Å²) in [6.45, 7) is 8.15. The van der Waals surface area contributed by atoms with Gasteiger partial charge in [0.25, 0.3) is 5.91 Å². The smallest absolute Gasteiger partial charge is 0.271 e. The molecule has 116 valence electrons. The third-order valence-corrected chi connectivity index (χ3v) is 3.71. The van der Waals surface area contributed by atoms with Crippen molar-refractivity contribution in [2.24, 2.45) is 0 Å². The van der Waals surface area contributed by atoms with E-state index in [1.165, 1.54) is 13.0 Å². The van der Waals surface area contributed by atoms with E-state index in [1.54, 1.807) is 6.07 Å². The van der Waals surface area contributed by atoms with Gasteiger partial charge >= 0.3 is 0 Å². The Kier molecular flexibility index (Phi) is 5.92. The van der Waals surface area contributed by atoms with Crippen LogP contribution in [0.2, 0.25) is 0 Å². The van der Waals surface area contributed by atoms with Crippen LogP contribution < -0.4 is 10.6 Å². The monoisotopic (exact) mass is 291 g/mol. The van der Waals surface area contributed by atoms with Gasteiger partial charge in [0.05, 0.1) is 0 Å². The summed E-state index contributed by atoms with van der Waals surface area (Å²) in [5.41, 5.74) is 0.361. The summed E-state index contributed by atoms with van der Waals surface area (Å²) in [6.07, 6.45) is 3.46. The summed E-state index contributed by atoms with van der Waals surface area (Å²) in [7, 11) is 0. The van der Waals surface area contributed by atoms with Gasteiger partial charge in [0.1, 0.15) is 5.82 Å². The molecule has 2 heterocycles. The third-order valence-electron chi connectivity index (χ3n) is 3.71. The predicted molar refractivity (Wildman–Crippen MR) is 83.4 cm³/mol. The highest BCUT2D eigenvalue weighted by Gasteiger charge is 2.18. The van der Waals surface area contributed by atoms with Crippen molar-refractivity contribution < 1.29 is 4.79 Å².